The van der Waals surface area contributed by atoms with Crippen molar-refractivity contribution >= 4 is 5.91 Å². The van der Waals surface area contributed by atoms with Crippen LogP contribution >= 0.6 is 0 Å². The summed E-state index contributed by atoms with van der Waals surface area (Å²) in [6, 6.07) is 3.73. The number of hydrogen-bond acceptors (Lipinski definition) is 2. The molecular formula is C9H7F3NO2-. The number of rotatable bonds is 1. The number of carbonyl (C=O) groups excluding carboxylic acids is 1. The van der Waals surface area contributed by atoms with Gasteiger partial charge in [0.2, 0.25) is 5.91 Å². The third kappa shape index (κ3) is 2.69. The van der Waals surface area contributed by atoms with E-state index in [1.807, 2.05) is 0 Å². The van der Waals surface area contributed by atoms with Gasteiger partial charge in [0.1, 0.15) is 0 Å². The van der Waals surface area contributed by atoms with Gasteiger partial charge in [0.05, 0.1) is 5.56 Å². The summed E-state index contributed by atoms with van der Waals surface area (Å²) in [5.74, 6) is -0.999. The van der Waals surface area contributed by atoms with Gasteiger partial charge in [-0.2, -0.15) is 13.2 Å². The first kappa shape index (κ1) is 11.5. The van der Waals surface area contributed by atoms with Crippen LogP contribution in [-0.2, 0) is 6.18 Å². The lowest BCUT2D eigenvalue weighted by atomic mass is 10.1. The van der Waals surface area contributed by atoms with E-state index in [0.29, 0.717) is 6.07 Å². The van der Waals surface area contributed by atoms with Crippen molar-refractivity contribution in [2.75, 3.05) is 7.05 Å². The second-order valence-corrected chi connectivity index (χ2v) is 2.88. The summed E-state index contributed by atoms with van der Waals surface area (Å²) in [6.07, 6.45) is -4.52. The van der Waals surface area contributed by atoms with E-state index in [1.54, 1.807) is 0 Å². The highest BCUT2D eigenvalue weighted by Crippen LogP contribution is 2.29. The maximum Gasteiger partial charge on any atom is 0.416 e. The average molecular weight is 218 g/mol. The molecule has 1 aromatic rings. The summed E-state index contributed by atoms with van der Waals surface area (Å²) in [7, 11) is 0.933. The largest absolute Gasteiger partial charge is 0.756 e. The Labute approximate surface area is 83.7 Å². The molecule has 0 spiro atoms. The first-order chi connectivity index (χ1) is 6.82. The number of halogens is 3. The van der Waals surface area contributed by atoms with Crippen LogP contribution in [0.5, 0.6) is 0 Å². The number of alkyl halides is 3. The predicted molar refractivity (Wildman–Crippen MR) is 46.9 cm³/mol. The van der Waals surface area contributed by atoms with Crippen LogP contribution in [0.4, 0.5) is 13.2 Å². The van der Waals surface area contributed by atoms with E-state index < -0.39 is 17.6 Å². The molecule has 0 aliphatic heterocycles. The Morgan fingerprint density at radius 1 is 1.40 bits per heavy atom. The summed E-state index contributed by atoms with van der Waals surface area (Å²) < 4.78 is 36.7. The number of benzene rings is 1. The van der Waals surface area contributed by atoms with Gasteiger partial charge in [0, 0.05) is 5.56 Å². The van der Waals surface area contributed by atoms with Crippen LogP contribution in [0.25, 0.3) is 0 Å². The minimum atomic E-state index is -4.52. The van der Waals surface area contributed by atoms with Crippen molar-refractivity contribution in [3.63, 3.8) is 0 Å². The van der Waals surface area contributed by atoms with E-state index in [9.17, 15) is 23.2 Å². The Morgan fingerprint density at radius 3 is 2.47 bits per heavy atom. The predicted octanol–water partition coefficient (Wildman–Crippen LogP) is 2.28. The molecule has 0 N–H and O–H groups in total. The van der Waals surface area contributed by atoms with Crippen LogP contribution in [0, 0.1) is 5.21 Å². The molecule has 6 heteroatoms. The molecule has 0 aliphatic rings. The molecule has 15 heavy (non-hydrogen) atoms. The topological polar surface area (TPSA) is 43.4 Å². The fourth-order valence-electron chi connectivity index (χ4n) is 1.01. The van der Waals surface area contributed by atoms with E-state index in [4.69, 9.17) is 0 Å². The molecule has 1 rings (SSSR count). The van der Waals surface area contributed by atoms with Gasteiger partial charge in [-0.3, -0.25) is 4.79 Å². The molecular weight excluding hydrogens is 211 g/mol. The fourth-order valence-corrected chi connectivity index (χ4v) is 1.01. The third-order valence-corrected chi connectivity index (χ3v) is 1.72. The van der Waals surface area contributed by atoms with Crippen molar-refractivity contribution in [1.82, 2.24) is 5.06 Å². The standard InChI is InChI=1S/C9H7F3NO2/c1-13(15)8(14)6-3-2-4-7(5-6)9(10,11)12/h2-5H,1H3/q-1. The zero-order valence-corrected chi connectivity index (χ0v) is 7.71. The first-order valence-electron chi connectivity index (χ1n) is 3.95. The molecule has 0 aromatic heterocycles. The summed E-state index contributed by atoms with van der Waals surface area (Å²) in [5.41, 5.74) is -1.22. The minimum Gasteiger partial charge on any atom is -0.756 e. The van der Waals surface area contributed by atoms with E-state index in [1.165, 1.54) is 0 Å². The lowest BCUT2D eigenvalue weighted by Crippen LogP contribution is -2.20. The fraction of sp³-hybridized carbons (Fsp3) is 0.222. The van der Waals surface area contributed by atoms with Crippen molar-refractivity contribution in [3.8, 4) is 0 Å². The van der Waals surface area contributed by atoms with Gasteiger partial charge in [0.15, 0.2) is 0 Å². The molecule has 0 fully saturated rings. The minimum absolute atomic E-state index is 0.0184. The third-order valence-electron chi connectivity index (χ3n) is 1.72. The molecule has 0 bridgehead atoms. The van der Waals surface area contributed by atoms with Crippen LogP contribution < -0.4 is 0 Å². The highest BCUT2D eigenvalue weighted by Gasteiger charge is 2.30. The summed E-state index contributed by atoms with van der Waals surface area (Å²) >= 11 is 0. The van der Waals surface area contributed by atoms with E-state index in [-0.39, 0.29) is 10.6 Å². The maximum atomic E-state index is 12.2. The average Bonchev–Trinajstić information content (AvgIpc) is 2.15. The zero-order valence-electron chi connectivity index (χ0n) is 7.71. The lowest BCUT2D eigenvalue weighted by molar-refractivity contribution is -0.137. The molecule has 0 saturated carbocycles. The first-order valence-corrected chi connectivity index (χ1v) is 3.95. The van der Waals surface area contributed by atoms with Crippen molar-refractivity contribution < 1.29 is 18.0 Å². The van der Waals surface area contributed by atoms with Gasteiger partial charge in [-0.25, -0.2) is 0 Å². The Kier molecular flexibility index (Phi) is 2.99. The molecule has 0 unspecified atom stereocenters. The van der Waals surface area contributed by atoms with Gasteiger partial charge in [0.25, 0.3) is 0 Å². The molecule has 0 heterocycles. The summed E-state index contributed by atoms with van der Waals surface area (Å²) in [5, 5.41) is 10.6. The zero-order chi connectivity index (χ0) is 11.6. The number of amides is 1. The van der Waals surface area contributed by atoms with Gasteiger partial charge < -0.3 is 10.3 Å². The van der Waals surface area contributed by atoms with Gasteiger partial charge in [-0.05, 0) is 25.2 Å². The molecule has 3 nitrogen and oxygen atoms in total. The Balaban J connectivity index is 3.09. The SMILES string of the molecule is CN([O-])C(=O)c1cccc(C(F)(F)F)c1. The van der Waals surface area contributed by atoms with Gasteiger partial charge in [-0.1, -0.05) is 6.07 Å². The van der Waals surface area contributed by atoms with Crippen molar-refractivity contribution in [3.05, 3.63) is 40.6 Å². The van der Waals surface area contributed by atoms with E-state index in [2.05, 4.69) is 0 Å². The molecule has 0 aliphatic carbocycles. The second kappa shape index (κ2) is 3.90. The maximum absolute atomic E-state index is 12.2. The Morgan fingerprint density at radius 2 is 2.00 bits per heavy atom. The summed E-state index contributed by atoms with van der Waals surface area (Å²) in [4.78, 5) is 11.1. The second-order valence-electron chi connectivity index (χ2n) is 2.88. The van der Waals surface area contributed by atoms with Gasteiger partial charge >= 0.3 is 6.18 Å². The van der Waals surface area contributed by atoms with Crippen molar-refractivity contribution in [1.29, 1.82) is 0 Å². The Hall–Kier alpha value is -1.56. The molecule has 1 aromatic carbocycles. The summed E-state index contributed by atoms with van der Waals surface area (Å²) in [6.45, 7) is 0. The monoisotopic (exact) mass is 218 g/mol. The van der Waals surface area contributed by atoms with Gasteiger partial charge in [-0.15, -0.1) is 0 Å². The smallest absolute Gasteiger partial charge is 0.416 e. The number of hydroxylamine groups is 2. The van der Waals surface area contributed by atoms with Crippen LogP contribution in [0.1, 0.15) is 15.9 Å². The molecule has 0 radical (unpaired) electrons. The van der Waals surface area contributed by atoms with Crippen LogP contribution in [-0.4, -0.2) is 18.0 Å². The van der Waals surface area contributed by atoms with E-state index >= 15 is 0 Å². The highest BCUT2D eigenvalue weighted by molar-refractivity contribution is 5.94. The number of nitrogens with zero attached hydrogens (tertiary/aromatic N) is 1. The van der Waals surface area contributed by atoms with Crippen molar-refractivity contribution in [2.24, 2.45) is 0 Å². The lowest BCUT2D eigenvalue weighted by Gasteiger charge is -2.22. The molecule has 0 atom stereocenters. The van der Waals surface area contributed by atoms with Crippen molar-refractivity contribution in [2.45, 2.75) is 6.18 Å². The van der Waals surface area contributed by atoms with Crippen LogP contribution in [0.15, 0.2) is 24.3 Å². The molecule has 0 saturated heterocycles. The Bertz CT molecular complexity index is 374. The van der Waals surface area contributed by atoms with Crippen LogP contribution in [0.2, 0.25) is 0 Å². The van der Waals surface area contributed by atoms with Crippen LogP contribution in [0.3, 0.4) is 0 Å². The van der Waals surface area contributed by atoms with E-state index in [0.717, 1.165) is 25.2 Å². The number of carbonyl (C=O) groups is 1. The number of hydrogen-bond donors (Lipinski definition) is 0. The quantitative estimate of drug-likeness (QED) is 0.678. The highest BCUT2D eigenvalue weighted by atomic mass is 19.4. The molecule has 1 amide bonds. The molecule has 82 valence electrons. The normalized spacial score (nSPS) is 11.3.